The van der Waals surface area contributed by atoms with Crippen molar-refractivity contribution in [3.63, 3.8) is 0 Å². The van der Waals surface area contributed by atoms with E-state index in [9.17, 15) is 10.1 Å². The molecule has 3 rings (SSSR count). The number of hydrogen-bond acceptors (Lipinski definition) is 3. The molecule has 0 aliphatic carbocycles. The number of hydrogen-bond donors (Lipinski definition) is 0. The third-order valence-corrected chi connectivity index (χ3v) is 3.29. The minimum Gasteiger partial charge on any atom is -0.488 e. The minimum atomic E-state index is -0.407. The minimum absolute atomic E-state index is 0.0870. The molecule has 0 heterocycles. The highest BCUT2D eigenvalue weighted by atomic mass is 16.6. The number of nitrogens with zero attached hydrogens (tertiary/aromatic N) is 1. The maximum Gasteiger partial charge on any atom is 0.269 e. The standard InChI is InChI=1S/C17H13NO3/c19-18(20)15-10-8-13(9-11-15)12-21-17-7-3-5-14-4-1-2-6-16(14)17/h1-11H,12H2. The predicted octanol–water partition coefficient (Wildman–Crippen LogP) is 4.33. The van der Waals surface area contributed by atoms with Crippen molar-refractivity contribution in [3.8, 4) is 5.75 Å². The summed E-state index contributed by atoms with van der Waals surface area (Å²) in [5.41, 5.74) is 0.984. The molecule has 3 aromatic carbocycles. The van der Waals surface area contributed by atoms with Crippen LogP contribution >= 0.6 is 0 Å². The molecular formula is C17H13NO3. The summed E-state index contributed by atoms with van der Waals surface area (Å²) in [4.78, 5) is 10.2. The van der Waals surface area contributed by atoms with E-state index in [1.54, 1.807) is 12.1 Å². The van der Waals surface area contributed by atoms with Crippen LogP contribution in [0.5, 0.6) is 5.75 Å². The van der Waals surface area contributed by atoms with Crippen LogP contribution in [0.25, 0.3) is 10.8 Å². The Hall–Kier alpha value is -2.88. The van der Waals surface area contributed by atoms with Crippen LogP contribution in [-0.2, 0) is 6.61 Å². The van der Waals surface area contributed by atoms with E-state index in [0.717, 1.165) is 22.1 Å². The van der Waals surface area contributed by atoms with Gasteiger partial charge in [0.05, 0.1) is 4.92 Å². The quantitative estimate of drug-likeness (QED) is 0.527. The molecule has 0 N–H and O–H groups in total. The first-order chi connectivity index (χ1) is 10.2. The van der Waals surface area contributed by atoms with Crippen LogP contribution in [0.2, 0.25) is 0 Å². The van der Waals surface area contributed by atoms with E-state index in [2.05, 4.69) is 0 Å². The Bertz CT molecular complexity index is 776. The fraction of sp³-hybridized carbons (Fsp3) is 0.0588. The van der Waals surface area contributed by atoms with Crippen LogP contribution < -0.4 is 4.74 Å². The van der Waals surface area contributed by atoms with Gasteiger partial charge in [-0.2, -0.15) is 0 Å². The van der Waals surface area contributed by atoms with Crippen molar-refractivity contribution in [1.29, 1.82) is 0 Å². The smallest absolute Gasteiger partial charge is 0.269 e. The molecule has 4 heteroatoms. The number of benzene rings is 3. The van der Waals surface area contributed by atoms with Gasteiger partial charge < -0.3 is 4.74 Å². The summed E-state index contributed by atoms with van der Waals surface area (Å²) in [6, 6.07) is 20.3. The van der Waals surface area contributed by atoms with Gasteiger partial charge in [0.25, 0.3) is 5.69 Å². The Labute approximate surface area is 121 Å². The van der Waals surface area contributed by atoms with Crippen LogP contribution in [0.3, 0.4) is 0 Å². The highest BCUT2D eigenvalue weighted by Crippen LogP contribution is 2.26. The van der Waals surface area contributed by atoms with Crippen molar-refractivity contribution in [1.82, 2.24) is 0 Å². The molecular weight excluding hydrogens is 266 g/mol. The van der Waals surface area contributed by atoms with Gasteiger partial charge in [-0.25, -0.2) is 0 Å². The first-order valence-corrected chi connectivity index (χ1v) is 6.58. The molecule has 0 fully saturated rings. The SMILES string of the molecule is O=[N+]([O-])c1ccc(COc2cccc3ccccc23)cc1. The highest BCUT2D eigenvalue weighted by molar-refractivity contribution is 5.88. The van der Waals surface area contributed by atoms with Crippen molar-refractivity contribution in [2.75, 3.05) is 0 Å². The van der Waals surface area contributed by atoms with E-state index < -0.39 is 4.92 Å². The van der Waals surface area contributed by atoms with Gasteiger partial charge >= 0.3 is 0 Å². The largest absolute Gasteiger partial charge is 0.488 e. The fourth-order valence-corrected chi connectivity index (χ4v) is 2.20. The van der Waals surface area contributed by atoms with E-state index in [4.69, 9.17) is 4.74 Å². The van der Waals surface area contributed by atoms with E-state index in [-0.39, 0.29) is 5.69 Å². The number of ether oxygens (including phenoxy) is 1. The number of nitro benzene ring substituents is 1. The van der Waals surface area contributed by atoms with Crippen LogP contribution in [0.1, 0.15) is 5.56 Å². The van der Waals surface area contributed by atoms with E-state index in [1.165, 1.54) is 12.1 Å². The predicted molar refractivity (Wildman–Crippen MR) is 81.4 cm³/mol. The maximum absolute atomic E-state index is 10.6. The fourth-order valence-electron chi connectivity index (χ4n) is 2.20. The van der Waals surface area contributed by atoms with Crippen LogP contribution in [0.15, 0.2) is 66.7 Å². The molecule has 0 aliphatic heterocycles. The molecule has 0 atom stereocenters. The lowest BCUT2D eigenvalue weighted by molar-refractivity contribution is -0.384. The topological polar surface area (TPSA) is 52.4 Å². The Kier molecular flexibility index (Phi) is 3.51. The van der Waals surface area contributed by atoms with Crippen molar-refractivity contribution < 1.29 is 9.66 Å². The van der Waals surface area contributed by atoms with Crippen molar-refractivity contribution in [2.45, 2.75) is 6.61 Å². The van der Waals surface area contributed by atoms with E-state index in [0.29, 0.717) is 6.61 Å². The zero-order valence-electron chi connectivity index (χ0n) is 11.2. The Morgan fingerprint density at radius 1 is 0.905 bits per heavy atom. The highest BCUT2D eigenvalue weighted by Gasteiger charge is 2.05. The molecule has 4 nitrogen and oxygen atoms in total. The molecule has 0 bridgehead atoms. The lowest BCUT2D eigenvalue weighted by Gasteiger charge is -2.09. The van der Waals surface area contributed by atoms with Gasteiger partial charge in [-0.3, -0.25) is 10.1 Å². The normalized spacial score (nSPS) is 10.5. The zero-order valence-corrected chi connectivity index (χ0v) is 11.2. The molecule has 0 unspecified atom stereocenters. The van der Waals surface area contributed by atoms with Crippen molar-refractivity contribution >= 4 is 16.5 Å². The number of fused-ring (bicyclic) bond motifs is 1. The average Bonchev–Trinajstić information content (AvgIpc) is 2.53. The van der Waals surface area contributed by atoms with Gasteiger partial charge in [0.1, 0.15) is 12.4 Å². The maximum atomic E-state index is 10.6. The van der Waals surface area contributed by atoms with Gasteiger partial charge in [-0.15, -0.1) is 0 Å². The second-order valence-electron chi connectivity index (χ2n) is 4.69. The summed E-state index contributed by atoms with van der Waals surface area (Å²) in [6.45, 7) is 0.381. The Balaban J connectivity index is 1.79. The van der Waals surface area contributed by atoms with Crippen molar-refractivity contribution in [3.05, 3.63) is 82.4 Å². The van der Waals surface area contributed by atoms with E-state index >= 15 is 0 Å². The van der Waals surface area contributed by atoms with Gasteiger partial charge in [0.15, 0.2) is 0 Å². The Morgan fingerprint density at radius 2 is 1.62 bits per heavy atom. The molecule has 3 aromatic rings. The third-order valence-electron chi connectivity index (χ3n) is 3.29. The molecule has 0 radical (unpaired) electrons. The molecule has 0 aliphatic rings. The van der Waals surface area contributed by atoms with Crippen LogP contribution in [0.4, 0.5) is 5.69 Å². The molecule has 21 heavy (non-hydrogen) atoms. The second kappa shape index (κ2) is 5.63. The lowest BCUT2D eigenvalue weighted by Crippen LogP contribution is -1.96. The second-order valence-corrected chi connectivity index (χ2v) is 4.69. The van der Waals surface area contributed by atoms with Gasteiger partial charge in [0.2, 0.25) is 0 Å². The first kappa shape index (κ1) is 13.1. The van der Waals surface area contributed by atoms with Crippen LogP contribution in [0, 0.1) is 10.1 Å². The molecule has 0 saturated heterocycles. The van der Waals surface area contributed by atoms with Gasteiger partial charge in [-0.05, 0) is 29.1 Å². The molecule has 0 spiro atoms. The summed E-state index contributed by atoms with van der Waals surface area (Å²) in [5, 5.41) is 12.8. The third kappa shape index (κ3) is 2.84. The zero-order chi connectivity index (χ0) is 14.7. The molecule has 104 valence electrons. The summed E-state index contributed by atoms with van der Waals surface area (Å²) < 4.78 is 5.84. The molecule has 0 saturated carbocycles. The molecule has 0 amide bonds. The van der Waals surface area contributed by atoms with Gasteiger partial charge in [0, 0.05) is 17.5 Å². The number of nitro groups is 1. The average molecular weight is 279 g/mol. The lowest BCUT2D eigenvalue weighted by atomic mass is 10.1. The summed E-state index contributed by atoms with van der Waals surface area (Å²) in [6.07, 6.45) is 0. The summed E-state index contributed by atoms with van der Waals surface area (Å²) >= 11 is 0. The van der Waals surface area contributed by atoms with Crippen molar-refractivity contribution in [2.24, 2.45) is 0 Å². The summed E-state index contributed by atoms with van der Waals surface area (Å²) in [7, 11) is 0. The Morgan fingerprint density at radius 3 is 2.38 bits per heavy atom. The monoisotopic (exact) mass is 279 g/mol. The van der Waals surface area contributed by atoms with E-state index in [1.807, 2.05) is 42.5 Å². The van der Waals surface area contributed by atoms with Crippen LogP contribution in [-0.4, -0.2) is 4.92 Å². The number of rotatable bonds is 4. The first-order valence-electron chi connectivity index (χ1n) is 6.58. The molecule has 0 aromatic heterocycles. The number of non-ortho nitro benzene ring substituents is 1. The van der Waals surface area contributed by atoms with Gasteiger partial charge in [-0.1, -0.05) is 36.4 Å². The summed E-state index contributed by atoms with van der Waals surface area (Å²) in [5.74, 6) is 0.812.